The molecule has 0 atom stereocenters. The van der Waals surface area contributed by atoms with Crippen molar-refractivity contribution in [2.45, 2.75) is 0 Å². The summed E-state index contributed by atoms with van der Waals surface area (Å²) < 4.78 is 13.5. The van der Waals surface area contributed by atoms with Crippen LogP contribution in [0.2, 0.25) is 0 Å². The van der Waals surface area contributed by atoms with Gasteiger partial charge in [-0.1, -0.05) is 36.4 Å². The minimum Gasteiger partial charge on any atom is -0.289 e. The van der Waals surface area contributed by atoms with Crippen LogP contribution < -0.4 is 0 Å². The molecule has 126 valence electrons. The van der Waals surface area contributed by atoms with Gasteiger partial charge in [-0.3, -0.25) is 9.59 Å². The van der Waals surface area contributed by atoms with Crippen molar-refractivity contribution in [2.75, 3.05) is 0 Å². The molecule has 0 radical (unpaired) electrons. The van der Waals surface area contributed by atoms with E-state index in [9.17, 15) is 19.2 Å². The zero-order chi connectivity index (χ0) is 18.7. The number of fused-ring (bicyclic) bond motifs is 3. The molecule has 0 bridgehead atoms. The molecule has 0 aromatic heterocycles. The molecule has 0 unspecified atom stereocenters. The molecular weight excluding hydrogens is 343 g/mol. The summed E-state index contributed by atoms with van der Waals surface area (Å²) in [5.41, 5.74) is 3.17. The first kappa shape index (κ1) is 15.4. The first-order valence-electron chi connectivity index (χ1n) is 8.24. The molecule has 1 aliphatic carbocycles. The summed E-state index contributed by atoms with van der Waals surface area (Å²) in [5.74, 6) is -1.30. The molecular formula is C22H9FN2O2. The normalized spacial score (nSPS) is 14.4. The number of hydrogen-bond acceptors (Lipinski definition) is 3. The maximum Gasteiger partial charge on any atom is 0.288 e. The van der Waals surface area contributed by atoms with Crippen molar-refractivity contribution in [1.29, 1.82) is 5.26 Å². The molecule has 27 heavy (non-hydrogen) atoms. The molecule has 4 nitrogen and oxygen atoms in total. The average molecular weight is 352 g/mol. The predicted octanol–water partition coefficient (Wildman–Crippen LogP) is 3.83. The molecule has 5 rings (SSSR count). The largest absolute Gasteiger partial charge is 0.289 e. The minimum atomic E-state index is -0.537. The van der Waals surface area contributed by atoms with Crippen LogP contribution >= 0.6 is 0 Å². The fraction of sp³-hybridized carbons (Fsp3) is 0. The number of nitrogens with zero attached hydrogens (tertiary/aromatic N) is 2. The Labute approximate surface area is 152 Å². The van der Waals surface area contributed by atoms with E-state index in [-0.39, 0.29) is 16.9 Å². The Morgan fingerprint density at radius 3 is 2.63 bits per heavy atom. The lowest BCUT2D eigenvalue weighted by Crippen LogP contribution is -2.03. The summed E-state index contributed by atoms with van der Waals surface area (Å²) in [5, 5.41) is 10.8. The average Bonchev–Trinajstić information content (AvgIpc) is 3.16. The number of ketones is 1. The van der Waals surface area contributed by atoms with Crippen LogP contribution in [0.5, 0.6) is 0 Å². The second-order valence-electron chi connectivity index (χ2n) is 6.36. The Balaban J connectivity index is 1.80. The third-order valence-corrected chi connectivity index (χ3v) is 4.92. The van der Waals surface area contributed by atoms with E-state index in [4.69, 9.17) is 0 Å². The number of allylic oxidation sites excluding steroid dienone is 1. The van der Waals surface area contributed by atoms with Crippen LogP contribution in [0.3, 0.4) is 0 Å². The second-order valence-corrected chi connectivity index (χ2v) is 6.36. The fourth-order valence-corrected chi connectivity index (χ4v) is 3.80. The third-order valence-electron chi connectivity index (χ3n) is 4.92. The zero-order valence-electron chi connectivity index (χ0n) is 13.8. The van der Waals surface area contributed by atoms with E-state index < -0.39 is 11.7 Å². The van der Waals surface area contributed by atoms with E-state index in [2.05, 4.69) is 4.99 Å². The highest BCUT2D eigenvalue weighted by atomic mass is 19.1. The van der Waals surface area contributed by atoms with Crippen LogP contribution in [0.1, 0.15) is 27.0 Å². The molecule has 3 aromatic carbocycles. The zero-order valence-corrected chi connectivity index (χ0v) is 13.8. The van der Waals surface area contributed by atoms with Crippen molar-refractivity contribution < 1.29 is 14.0 Å². The van der Waals surface area contributed by atoms with Crippen LogP contribution in [0.15, 0.2) is 65.2 Å². The van der Waals surface area contributed by atoms with Gasteiger partial charge in [0, 0.05) is 22.3 Å². The van der Waals surface area contributed by atoms with Gasteiger partial charge >= 0.3 is 0 Å². The molecule has 1 heterocycles. The third kappa shape index (κ3) is 1.98. The number of carbonyl (C=O) groups is 2. The van der Waals surface area contributed by atoms with Crippen LogP contribution in [0.4, 0.5) is 4.39 Å². The molecule has 5 heteroatoms. The summed E-state index contributed by atoms with van der Waals surface area (Å²) >= 11 is 0. The van der Waals surface area contributed by atoms with Gasteiger partial charge in [-0.25, -0.2) is 9.38 Å². The number of halogens is 1. The van der Waals surface area contributed by atoms with Crippen LogP contribution in [-0.4, -0.2) is 17.4 Å². The quantitative estimate of drug-likeness (QED) is 0.658. The van der Waals surface area contributed by atoms with Crippen LogP contribution in [0, 0.1) is 17.1 Å². The molecule has 0 spiro atoms. The van der Waals surface area contributed by atoms with Gasteiger partial charge in [0.25, 0.3) is 5.91 Å². The lowest BCUT2D eigenvalue weighted by Gasteiger charge is -2.08. The number of amides is 1. The minimum absolute atomic E-state index is 0.0201. The van der Waals surface area contributed by atoms with Crippen molar-refractivity contribution in [2.24, 2.45) is 4.99 Å². The SMILES string of the molecule is N#CC1=C2C(=NC1=O)c1cccc3c(C(=O)c4cccc(F)c4)ccc2c13. The van der Waals surface area contributed by atoms with Gasteiger partial charge in [0.2, 0.25) is 0 Å². The van der Waals surface area contributed by atoms with E-state index in [0.717, 1.165) is 16.5 Å². The highest BCUT2D eigenvalue weighted by molar-refractivity contribution is 6.50. The second kappa shape index (κ2) is 5.29. The number of aliphatic imine (C=N–C) groups is 1. The summed E-state index contributed by atoms with van der Waals surface area (Å²) in [4.78, 5) is 29.0. The van der Waals surface area contributed by atoms with Gasteiger partial charge in [-0.2, -0.15) is 5.26 Å². The van der Waals surface area contributed by atoms with Gasteiger partial charge in [0.1, 0.15) is 17.5 Å². The molecule has 1 aliphatic heterocycles. The van der Waals surface area contributed by atoms with Crippen LogP contribution in [0.25, 0.3) is 16.3 Å². The van der Waals surface area contributed by atoms with Gasteiger partial charge < -0.3 is 0 Å². The molecule has 0 saturated carbocycles. The number of nitriles is 1. The van der Waals surface area contributed by atoms with Crippen molar-refractivity contribution in [1.82, 2.24) is 0 Å². The number of hydrogen-bond donors (Lipinski definition) is 0. The molecule has 0 saturated heterocycles. The van der Waals surface area contributed by atoms with E-state index in [0.29, 0.717) is 22.2 Å². The van der Waals surface area contributed by atoms with Gasteiger partial charge in [0.05, 0.1) is 5.71 Å². The van der Waals surface area contributed by atoms with E-state index >= 15 is 0 Å². The Hall–Kier alpha value is -3.91. The summed E-state index contributed by atoms with van der Waals surface area (Å²) in [6.07, 6.45) is 0. The Morgan fingerprint density at radius 2 is 1.85 bits per heavy atom. The highest BCUT2D eigenvalue weighted by Crippen LogP contribution is 2.43. The standard InChI is InChI=1S/C22H9FN2O2/c23-12-4-1-3-11(9-12)21(26)14-7-8-15-18-13(14)5-2-6-16(18)20-19(15)17(10-24)22(27)25-20/h1-9H. The Bertz CT molecular complexity index is 1330. The molecule has 0 N–H and O–H groups in total. The molecule has 0 fully saturated rings. The monoisotopic (exact) mass is 352 g/mol. The Kier molecular flexibility index (Phi) is 3.01. The molecule has 2 aliphatic rings. The van der Waals surface area contributed by atoms with Crippen molar-refractivity contribution in [3.8, 4) is 6.07 Å². The van der Waals surface area contributed by atoms with Crippen molar-refractivity contribution in [3.63, 3.8) is 0 Å². The highest BCUT2D eigenvalue weighted by Gasteiger charge is 2.36. The van der Waals surface area contributed by atoms with Gasteiger partial charge in [-0.15, -0.1) is 0 Å². The summed E-state index contributed by atoms with van der Waals surface area (Å²) in [6.45, 7) is 0. The van der Waals surface area contributed by atoms with E-state index in [1.54, 1.807) is 24.3 Å². The number of rotatable bonds is 2. The van der Waals surface area contributed by atoms with Gasteiger partial charge in [0.15, 0.2) is 5.78 Å². The summed E-state index contributed by atoms with van der Waals surface area (Å²) in [7, 11) is 0. The first-order valence-corrected chi connectivity index (χ1v) is 8.24. The summed E-state index contributed by atoms with van der Waals surface area (Å²) in [6, 6.07) is 16.3. The van der Waals surface area contributed by atoms with Crippen LogP contribution in [-0.2, 0) is 4.79 Å². The molecule has 1 amide bonds. The van der Waals surface area contributed by atoms with Gasteiger partial charge in [-0.05, 0) is 34.5 Å². The lowest BCUT2D eigenvalue weighted by atomic mass is 9.93. The topological polar surface area (TPSA) is 70.3 Å². The lowest BCUT2D eigenvalue weighted by molar-refractivity contribution is -0.113. The first-order chi connectivity index (χ1) is 13.1. The smallest absolute Gasteiger partial charge is 0.288 e. The van der Waals surface area contributed by atoms with Crippen molar-refractivity contribution >= 4 is 33.7 Å². The van der Waals surface area contributed by atoms with Crippen molar-refractivity contribution in [3.05, 3.63) is 88.2 Å². The number of benzene rings is 3. The number of carbonyl (C=O) groups excluding carboxylic acids is 2. The Morgan fingerprint density at radius 1 is 1.04 bits per heavy atom. The maximum atomic E-state index is 13.5. The maximum absolute atomic E-state index is 13.5. The van der Waals surface area contributed by atoms with E-state index in [1.165, 1.54) is 18.2 Å². The fourth-order valence-electron chi connectivity index (χ4n) is 3.80. The predicted molar refractivity (Wildman–Crippen MR) is 97.9 cm³/mol. The van der Waals surface area contributed by atoms with E-state index in [1.807, 2.05) is 18.2 Å². The molecule has 3 aromatic rings.